The fourth-order valence-electron chi connectivity index (χ4n) is 3.41. The van der Waals surface area contributed by atoms with Gasteiger partial charge in [-0.15, -0.1) is 0 Å². The van der Waals surface area contributed by atoms with E-state index < -0.39 is 0 Å². The van der Waals surface area contributed by atoms with Crippen molar-refractivity contribution in [1.82, 2.24) is 4.90 Å². The number of likely N-dealkylation sites (tertiary alicyclic amines) is 1. The van der Waals surface area contributed by atoms with Gasteiger partial charge >= 0.3 is 0 Å². The van der Waals surface area contributed by atoms with Gasteiger partial charge in [0.1, 0.15) is 0 Å². The first kappa shape index (κ1) is 14.3. The summed E-state index contributed by atoms with van der Waals surface area (Å²) in [7, 11) is 0. The summed E-state index contributed by atoms with van der Waals surface area (Å²) in [4.78, 5) is 26.2. The molecule has 1 atom stereocenters. The number of Topliss-reactive ketones (excluding diaryl/α,β-unsaturated/α-hetero) is 1. The molecule has 0 spiro atoms. The minimum atomic E-state index is 0.0717. The molecule has 112 valence electrons. The number of nitrogens with zero attached hydrogens (tertiary/aromatic N) is 1. The van der Waals surface area contributed by atoms with Gasteiger partial charge in [0.15, 0.2) is 5.78 Å². The van der Waals surface area contributed by atoms with Gasteiger partial charge in [-0.25, -0.2) is 0 Å². The SMILES string of the molecule is CC(C)C1CC(=O)N(CC(=O)c2ccc3c(c2)CCC3)C1. The average molecular weight is 285 g/mol. The maximum atomic E-state index is 12.4. The van der Waals surface area contributed by atoms with Gasteiger partial charge in [-0.2, -0.15) is 0 Å². The van der Waals surface area contributed by atoms with E-state index in [0.717, 1.165) is 24.9 Å². The number of hydrogen-bond acceptors (Lipinski definition) is 2. The van der Waals surface area contributed by atoms with Crippen LogP contribution in [0.3, 0.4) is 0 Å². The van der Waals surface area contributed by atoms with E-state index in [9.17, 15) is 9.59 Å². The predicted octanol–water partition coefficient (Wildman–Crippen LogP) is 2.86. The third-order valence-electron chi connectivity index (χ3n) is 4.94. The summed E-state index contributed by atoms with van der Waals surface area (Å²) in [6.07, 6.45) is 3.99. The first-order valence-electron chi connectivity index (χ1n) is 7.97. The van der Waals surface area contributed by atoms with Crippen molar-refractivity contribution in [3.63, 3.8) is 0 Å². The zero-order valence-electron chi connectivity index (χ0n) is 12.9. The second kappa shape index (κ2) is 5.63. The zero-order valence-corrected chi connectivity index (χ0v) is 12.9. The van der Waals surface area contributed by atoms with Crippen molar-refractivity contribution in [1.29, 1.82) is 0 Å². The Bertz CT molecular complexity index is 577. The lowest BCUT2D eigenvalue weighted by atomic mass is 9.95. The van der Waals surface area contributed by atoms with Crippen molar-refractivity contribution in [3.8, 4) is 0 Å². The van der Waals surface area contributed by atoms with E-state index in [1.807, 2.05) is 12.1 Å². The molecule has 1 amide bonds. The highest BCUT2D eigenvalue weighted by atomic mass is 16.2. The Hall–Kier alpha value is -1.64. The molecule has 1 heterocycles. The number of carbonyl (C=O) groups excluding carboxylic acids is 2. The van der Waals surface area contributed by atoms with Crippen LogP contribution >= 0.6 is 0 Å². The van der Waals surface area contributed by atoms with E-state index in [1.165, 1.54) is 17.5 Å². The first-order chi connectivity index (χ1) is 10.0. The molecule has 21 heavy (non-hydrogen) atoms. The number of hydrogen-bond donors (Lipinski definition) is 0. The van der Waals surface area contributed by atoms with Gasteiger partial charge < -0.3 is 4.90 Å². The van der Waals surface area contributed by atoms with Gasteiger partial charge in [0, 0.05) is 18.5 Å². The molecule has 1 aromatic carbocycles. The minimum Gasteiger partial charge on any atom is -0.335 e. The predicted molar refractivity (Wildman–Crippen MR) is 82.3 cm³/mol. The van der Waals surface area contributed by atoms with Gasteiger partial charge in [-0.3, -0.25) is 9.59 Å². The van der Waals surface area contributed by atoms with E-state index in [-0.39, 0.29) is 18.2 Å². The Morgan fingerprint density at radius 1 is 1.29 bits per heavy atom. The van der Waals surface area contributed by atoms with Gasteiger partial charge in [0.05, 0.1) is 6.54 Å². The summed E-state index contributed by atoms with van der Waals surface area (Å²) in [5.74, 6) is 1.09. The molecule has 0 radical (unpaired) electrons. The molecule has 1 unspecified atom stereocenters. The van der Waals surface area contributed by atoms with Crippen LogP contribution in [0.25, 0.3) is 0 Å². The van der Waals surface area contributed by atoms with E-state index in [0.29, 0.717) is 18.3 Å². The van der Waals surface area contributed by atoms with E-state index in [2.05, 4.69) is 19.9 Å². The monoisotopic (exact) mass is 285 g/mol. The van der Waals surface area contributed by atoms with Crippen molar-refractivity contribution >= 4 is 11.7 Å². The molecule has 1 aromatic rings. The molecule has 1 aliphatic heterocycles. The molecular weight excluding hydrogens is 262 g/mol. The van der Waals surface area contributed by atoms with Crippen molar-refractivity contribution < 1.29 is 9.59 Å². The van der Waals surface area contributed by atoms with Gasteiger partial charge in [0.25, 0.3) is 0 Å². The quantitative estimate of drug-likeness (QED) is 0.798. The minimum absolute atomic E-state index is 0.0717. The van der Waals surface area contributed by atoms with Crippen LogP contribution in [0.4, 0.5) is 0 Å². The lowest BCUT2D eigenvalue weighted by Crippen LogP contribution is -2.31. The van der Waals surface area contributed by atoms with Crippen molar-refractivity contribution in [2.75, 3.05) is 13.1 Å². The zero-order chi connectivity index (χ0) is 15.0. The average Bonchev–Trinajstić information content (AvgIpc) is 3.05. The standard InChI is InChI=1S/C18H23NO2/c1-12(2)16-9-18(21)19(10-16)11-17(20)15-7-6-13-4-3-5-14(13)8-15/h6-8,12,16H,3-5,9-11H2,1-2H3. The van der Waals surface area contributed by atoms with Crippen LogP contribution in [0.2, 0.25) is 0 Å². The number of fused-ring (bicyclic) bond motifs is 1. The third kappa shape index (κ3) is 2.87. The molecule has 0 bridgehead atoms. The molecule has 1 saturated heterocycles. The Morgan fingerprint density at radius 3 is 2.76 bits per heavy atom. The number of aryl methyl sites for hydroxylation is 2. The smallest absolute Gasteiger partial charge is 0.223 e. The summed E-state index contributed by atoms with van der Waals surface area (Å²) in [6, 6.07) is 6.04. The Kier molecular flexibility index (Phi) is 3.83. The molecule has 0 saturated carbocycles. The van der Waals surface area contributed by atoms with Crippen molar-refractivity contribution in [3.05, 3.63) is 34.9 Å². The summed E-state index contributed by atoms with van der Waals surface area (Å²) >= 11 is 0. The van der Waals surface area contributed by atoms with Crippen LogP contribution in [-0.2, 0) is 17.6 Å². The fraction of sp³-hybridized carbons (Fsp3) is 0.556. The molecule has 2 aliphatic rings. The number of rotatable bonds is 4. The van der Waals surface area contributed by atoms with E-state index in [4.69, 9.17) is 0 Å². The maximum Gasteiger partial charge on any atom is 0.223 e. The van der Waals surface area contributed by atoms with Gasteiger partial charge in [0.2, 0.25) is 5.91 Å². The molecular formula is C18H23NO2. The normalized spacial score (nSPS) is 21.2. The first-order valence-corrected chi connectivity index (χ1v) is 7.97. The molecule has 3 rings (SSSR count). The fourth-order valence-corrected chi connectivity index (χ4v) is 3.41. The molecule has 3 nitrogen and oxygen atoms in total. The highest BCUT2D eigenvalue weighted by Crippen LogP contribution is 2.26. The number of carbonyl (C=O) groups is 2. The molecule has 3 heteroatoms. The number of amides is 1. The highest BCUT2D eigenvalue weighted by molar-refractivity contribution is 5.99. The van der Waals surface area contributed by atoms with Crippen LogP contribution < -0.4 is 0 Å². The second-order valence-corrected chi connectivity index (χ2v) is 6.74. The van der Waals surface area contributed by atoms with Crippen molar-refractivity contribution in [2.24, 2.45) is 11.8 Å². The summed E-state index contributed by atoms with van der Waals surface area (Å²) in [6.45, 7) is 5.25. The molecule has 1 aliphatic carbocycles. The number of benzene rings is 1. The van der Waals surface area contributed by atoms with Crippen LogP contribution in [0.1, 0.15) is 48.2 Å². The molecule has 0 aromatic heterocycles. The molecule has 1 fully saturated rings. The molecule has 0 N–H and O–H groups in total. The Balaban J connectivity index is 1.68. The largest absolute Gasteiger partial charge is 0.335 e. The van der Waals surface area contributed by atoms with Crippen LogP contribution in [0, 0.1) is 11.8 Å². The van der Waals surface area contributed by atoms with Crippen LogP contribution in [-0.4, -0.2) is 29.7 Å². The lowest BCUT2D eigenvalue weighted by Gasteiger charge is -2.17. The maximum absolute atomic E-state index is 12.4. The third-order valence-corrected chi connectivity index (χ3v) is 4.94. The summed E-state index contributed by atoms with van der Waals surface area (Å²) in [5.41, 5.74) is 3.45. The summed E-state index contributed by atoms with van der Waals surface area (Å²) < 4.78 is 0. The van der Waals surface area contributed by atoms with E-state index in [1.54, 1.807) is 4.90 Å². The van der Waals surface area contributed by atoms with E-state index >= 15 is 0 Å². The highest BCUT2D eigenvalue weighted by Gasteiger charge is 2.32. The summed E-state index contributed by atoms with van der Waals surface area (Å²) in [5, 5.41) is 0. The van der Waals surface area contributed by atoms with Crippen LogP contribution in [0.5, 0.6) is 0 Å². The van der Waals surface area contributed by atoms with Crippen molar-refractivity contribution in [2.45, 2.75) is 39.5 Å². The number of ketones is 1. The Labute approximate surface area is 126 Å². The second-order valence-electron chi connectivity index (χ2n) is 6.74. The Morgan fingerprint density at radius 2 is 2.05 bits per heavy atom. The van der Waals surface area contributed by atoms with Crippen LogP contribution in [0.15, 0.2) is 18.2 Å². The van der Waals surface area contributed by atoms with Gasteiger partial charge in [-0.1, -0.05) is 26.0 Å². The topological polar surface area (TPSA) is 37.4 Å². The lowest BCUT2D eigenvalue weighted by molar-refractivity contribution is -0.127. The van der Waals surface area contributed by atoms with Gasteiger partial charge in [-0.05, 0) is 48.3 Å².